The third kappa shape index (κ3) is 9.43. The summed E-state index contributed by atoms with van der Waals surface area (Å²) in [5, 5.41) is 2.68. The predicted molar refractivity (Wildman–Crippen MR) is 126 cm³/mol. The Morgan fingerprint density at radius 2 is 1.85 bits per heavy atom. The quantitative estimate of drug-likeness (QED) is 0.359. The number of ether oxygens (including phenoxy) is 1. The van der Waals surface area contributed by atoms with Gasteiger partial charge in [-0.25, -0.2) is 8.42 Å². The molecule has 0 aromatic heterocycles. The molecule has 1 aliphatic rings. The number of anilines is 1. The van der Waals surface area contributed by atoms with Gasteiger partial charge in [-0.05, 0) is 36.2 Å². The van der Waals surface area contributed by atoms with E-state index < -0.39 is 16.0 Å². The van der Waals surface area contributed by atoms with E-state index in [-0.39, 0.29) is 51.6 Å². The second-order valence-electron chi connectivity index (χ2n) is 7.92. The topological polar surface area (TPSA) is 116 Å². The molecular formula is C23H27N2NaO6S2. The van der Waals surface area contributed by atoms with Crippen LogP contribution in [0.4, 0.5) is 5.69 Å². The third-order valence-electron chi connectivity index (χ3n) is 5.29. The van der Waals surface area contributed by atoms with E-state index in [1.54, 1.807) is 0 Å². The van der Waals surface area contributed by atoms with Gasteiger partial charge in [0.05, 0.1) is 23.5 Å². The van der Waals surface area contributed by atoms with Crippen LogP contribution in [0.2, 0.25) is 0 Å². The second-order valence-corrected chi connectivity index (χ2v) is 10.5. The van der Waals surface area contributed by atoms with E-state index in [2.05, 4.69) is 22.3 Å². The molecule has 0 bridgehead atoms. The molecule has 8 nitrogen and oxygen atoms in total. The molecule has 0 saturated carbocycles. The van der Waals surface area contributed by atoms with Crippen molar-refractivity contribution in [2.24, 2.45) is 5.92 Å². The second kappa shape index (κ2) is 13.7. The third-order valence-corrected chi connectivity index (χ3v) is 7.11. The van der Waals surface area contributed by atoms with Crippen molar-refractivity contribution >= 4 is 38.6 Å². The minimum Gasteiger partial charge on any atom is -0.744 e. The summed E-state index contributed by atoms with van der Waals surface area (Å²) in [5.74, 6) is -0.457. The number of morpholine rings is 1. The summed E-state index contributed by atoms with van der Waals surface area (Å²) in [4.78, 5) is 26.4. The molecule has 2 unspecified atom stereocenters. The first-order valence-electron chi connectivity index (χ1n) is 10.6. The van der Waals surface area contributed by atoms with Crippen molar-refractivity contribution in [2.45, 2.75) is 30.9 Å². The van der Waals surface area contributed by atoms with E-state index in [0.29, 0.717) is 31.0 Å². The zero-order valence-corrected chi connectivity index (χ0v) is 22.9. The summed E-state index contributed by atoms with van der Waals surface area (Å²) in [6.07, 6.45) is 0.295. The summed E-state index contributed by atoms with van der Waals surface area (Å²) in [5.41, 5.74) is 1.59. The van der Waals surface area contributed by atoms with Gasteiger partial charge in [0.1, 0.15) is 10.1 Å². The first-order valence-corrected chi connectivity index (χ1v) is 13.0. The van der Waals surface area contributed by atoms with Gasteiger partial charge in [-0.3, -0.25) is 14.5 Å². The summed E-state index contributed by atoms with van der Waals surface area (Å²) < 4.78 is 39.2. The van der Waals surface area contributed by atoms with E-state index in [9.17, 15) is 22.6 Å². The first kappa shape index (κ1) is 29.0. The van der Waals surface area contributed by atoms with Crippen LogP contribution in [-0.2, 0) is 31.0 Å². The fourth-order valence-corrected chi connectivity index (χ4v) is 4.84. The maximum Gasteiger partial charge on any atom is 1.00 e. The van der Waals surface area contributed by atoms with Gasteiger partial charge >= 0.3 is 29.6 Å². The van der Waals surface area contributed by atoms with Gasteiger partial charge in [0, 0.05) is 38.0 Å². The molecular weight excluding hydrogens is 487 g/mol. The molecule has 0 radical (unpaired) electrons. The molecule has 2 aromatic rings. The molecule has 34 heavy (non-hydrogen) atoms. The molecule has 1 saturated heterocycles. The normalized spacial score (nSPS) is 17.4. The number of hydrogen-bond donors (Lipinski definition) is 1. The molecule has 0 aliphatic carbocycles. The average molecular weight is 515 g/mol. The van der Waals surface area contributed by atoms with Crippen molar-refractivity contribution in [1.82, 2.24) is 4.90 Å². The van der Waals surface area contributed by atoms with Crippen LogP contribution in [0.5, 0.6) is 0 Å². The van der Waals surface area contributed by atoms with Gasteiger partial charge in [-0.15, -0.1) is 0 Å². The summed E-state index contributed by atoms with van der Waals surface area (Å²) >= 11 is 1.09. The Labute approximate surface area is 226 Å². The summed E-state index contributed by atoms with van der Waals surface area (Å²) in [7, 11) is -4.55. The van der Waals surface area contributed by atoms with Gasteiger partial charge in [0.25, 0.3) is 0 Å². The smallest absolute Gasteiger partial charge is 0.744 e. The molecule has 1 N–H and O–H groups in total. The fraction of sp³-hybridized carbons (Fsp3) is 0.391. The van der Waals surface area contributed by atoms with Gasteiger partial charge in [-0.1, -0.05) is 42.1 Å². The molecule has 1 heterocycles. The molecule has 3 rings (SSSR count). The van der Waals surface area contributed by atoms with E-state index in [0.717, 1.165) is 37.0 Å². The standard InChI is InChI=1S/C23H28N2O6S2.Na/c1-17(26)32-16-19(23(27)24-20-7-9-22(10-8-20)33(28,29)30)13-21-15-25(11-12-31-21)14-18-5-3-2-4-6-18;/h2-10,19,21H,11-16H2,1H3,(H,24,27)(H,28,29,30);/q;+1/p-1. The van der Waals surface area contributed by atoms with Crippen LogP contribution >= 0.6 is 11.8 Å². The fourth-order valence-electron chi connectivity index (χ4n) is 3.64. The zero-order chi connectivity index (χ0) is 23.8. The maximum absolute atomic E-state index is 13.0. The first-order chi connectivity index (χ1) is 15.7. The van der Waals surface area contributed by atoms with Crippen LogP contribution in [0.1, 0.15) is 18.9 Å². The van der Waals surface area contributed by atoms with Gasteiger partial charge < -0.3 is 14.6 Å². The van der Waals surface area contributed by atoms with Crippen LogP contribution in [-0.4, -0.2) is 60.4 Å². The van der Waals surface area contributed by atoms with Crippen molar-refractivity contribution in [3.63, 3.8) is 0 Å². The Morgan fingerprint density at radius 1 is 1.18 bits per heavy atom. The van der Waals surface area contributed by atoms with E-state index in [1.165, 1.54) is 24.6 Å². The minimum atomic E-state index is -4.55. The Bertz CT molecular complexity index is 1050. The Morgan fingerprint density at radius 3 is 2.47 bits per heavy atom. The van der Waals surface area contributed by atoms with Crippen LogP contribution < -0.4 is 34.9 Å². The summed E-state index contributed by atoms with van der Waals surface area (Å²) in [6.45, 7) is 4.31. The van der Waals surface area contributed by atoms with Crippen LogP contribution in [0, 0.1) is 5.92 Å². The van der Waals surface area contributed by atoms with Gasteiger partial charge in [0.15, 0.2) is 5.12 Å². The number of amides is 1. The molecule has 2 aromatic carbocycles. The van der Waals surface area contributed by atoms with Crippen molar-refractivity contribution in [3.05, 3.63) is 60.2 Å². The van der Waals surface area contributed by atoms with E-state index >= 15 is 0 Å². The maximum atomic E-state index is 13.0. The van der Waals surface area contributed by atoms with Crippen molar-refractivity contribution in [1.29, 1.82) is 0 Å². The average Bonchev–Trinajstić information content (AvgIpc) is 2.77. The molecule has 2 atom stereocenters. The largest absolute Gasteiger partial charge is 1.00 e. The zero-order valence-electron chi connectivity index (χ0n) is 19.3. The van der Waals surface area contributed by atoms with E-state index in [1.807, 2.05) is 18.2 Å². The number of carbonyl (C=O) groups is 2. The van der Waals surface area contributed by atoms with Gasteiger partial charge in [-0.2, -0.15) is 0 Å². The minimum absolute atomic E-state index is 0. The molecule has 0 spiro atoms. The molecule has 1 aliphatic heterocycles. The molecule has 11 heteroatoms. The number of benzene rings is 2. The number of thioether (sulfide) groups is 1. The number of carbonyl (C=O) groups excluding carboxylic acids is 2. The molecule has 1 fully saturated rings. The SMILES string of the molecule is CC(=O)SCC(CC1CN(Cc2ccccc2)CCO1)C(=O)Nc1ccc(S(=O)(=O)[O-])cc1.[Na+]. The Balaban J connectivity index is 0.00000408. The number of nitrogens with one attached hydrogen (secondary N) is 1. The Hall–Kier alpha value is -1.24. The van der Waals surface area contributed by atoms with Crippen molar-refractivity contribution in [3.8, 4) is 0 Å². The summed E-state index contributed by atoms with van der Waals surface area (Å²) in [6, 6.07) is 15.2. The van der Waals surface area contributed by atoms with Crippen LogP contribution in [0.15, 0.2) is 59.5 Å². The molecule has 178 valence electrons. The predicted octanol–water partition coefficient (Wildman–Crippen LogP) is -0.280. The monoisotopic (exact) mass is 514 g/mol. The Kier molecular flexibility index (Phi) is 11.7. The van der Waals surface area contributed by atoms with Crippen molar-refractivity contribution in [2.75, 3.05) is 30.8 Å². The van der Waals surface area contributed by atoms with E-state index in [4.69, 9.17) is 4.74 Å². The van der Waals surface area contributed by atoms with Crippen LogP contribution in [0.3, 0.4) is 0 Å². The number of hydrogen-bond acceptors (Lipinski definition) is 8. The van der Waals surface area contributed by atoms with Crippen molar-refractivity contribution < 1.29 is 56.9 Å². The van der Waals surface area contributed by atoms with Gasteiger partial charge in [0.2, 0.25) is 5.91 Å². The van der Waals surface area contributed by atoms with Crippen LogP contribution in [0.25, 0.3) is 0 Å². The molecule has 1 amide bonds. The number of rotatable bonds is 9. The number of nitrogens with zero attached hydrogens (tertiary/aromatic N) is 1.